The van der Waals surface area contributed by atoms with Crippen LogP contribution in [0, 0.1) is 0 Å². The molecule has 170 valence electrons. The van der Waals surface area contributed by atoms with E-state index >= 15 is 0 Å². The van der Waals surface area contributed by atoms with Crippen molar-refractivity contribution in [3.63, 3.8) is 0 Å². The first kappa shape index (κ1) is 21.4. The Hall–Kier alpha value is -4.16. The molecule has 5 nitrogen and oxygen atoms in total. The van der Waals surface area contributed by atoms with Crippen LogP contribution in [0.25, 0.3) is 11.0 Å². The van der Waals surface area contributed by atoms with Gasteiger partial charge in [-0.1, -0.05) is 66.7 Å². The zero-order valence-electron chi connectivity index (χ0n) is 18.8. The van der Waals surface area contributed by atoms with Crippen LogP contribution in [0.15, 0.2) is 124 Å². The number of thioether (sulfide) groups is 1. The summed E-state index contributed by atoms with van der Waals surface area (Å²) in [5.74, 6) is 0.417. The van der Waals surface area contributed by atoms with Crippen molar-refractivity contribution in [2.24, 2.45) is 5.10 Å². The van der Waals surface area contributed by atoms with Crippen LogP contribution in [-0.4, -0.2) is 21.4 Å². The number of anilines is 2. The van der Waals surface area contributed by atoms with Crippen molar-refractivity contribution in [3.8, 4) is 0 Å². The molecule has 2 heterocycles. The van der Waals surface area contributed by atoms with Crippen LogP contribution >= 0.6 is 11.8 Å². The average Bonchev–Trinajstić information content (AvgIpc) is 2.92. The van der Waals surface area contributed by atoms with Gasteiger partial charge in [0.05, 0.1) is 34.0 Å². The molecule has 0 fully saturated rings. The van der Waals surface area contributed by atoms with E-state index in [0.717, 1.165) is 38.6 Å². The minimum absolute atomic E-state index is 0.174. The minimum Gasteiger partial charge on any atom is -0.319 e. The topological polar surface area (TPSA) is 61.4 Å². The lowest BCUT2D eigenvalue weighted by Gasteiger charge is -2.28. The predicted octanol–water partition coefficient (Wildman–Crippen LogP) is 6.36. The highest BCUT2D eigenvalue weighted by Gasteiger charge is 2.31. The number of aromatic nitrogens is 2. The number of nitrogens with one attached hydrogen (secondary N) is 1. The molecule has 0 radical (unpaired) electrons. The van der Waals surface area contributed by atoms with Crippen LogP contribution in [0.5, 0.6) is 0 Å². The Bertz CT molecular complexity index is 1540. The van der Waals surface area contributed by atoms with E-state index in [2.05, 4.69) is 17.1 Å². The molecule has 6 heteroatoms. The molecule has 6 rings (SSSR count). The van der Waals surface area contributed by atoms with Crippen molar-refractivity contribution in [2.75, 3.05) is 10.8 Å². The quantitative estimate of drug-likeness (QED) is 0.308. The minimum atomic E-state index is -0.266. The summed E-state index contributed by atoms with van der Waals surface area (Å²) in [6.07, 6.45) is 0. The molecule has 0 saturated heterocycles. The molecule has 35 heavy (non-hydrogen) atoms. The molecule has 0 spiro atoms. The molecule has 1 unspecified atom stereocenters. The van der Waals surface area contributed by atoms with Crippen molar-refractivity contribution in [3.05, 3.63) is 131 Å². The number of fused-ring (bicyclic) bond motifs is 2. The molecule has 0 bridgehead atoms. The third-order valence-electron chi connectivity index (χ3n) is 6.06. The van der Waals surface area contributed by atoms with Crippen LogP contribution < -0.4 is 10.6 Å². The van der Waals surface area contributed by atoms with Crippen LogP contribution in [-0.2, 0) is 0 Å². The number of nitrogens with zero attached hydrogens (tertiary/aromatic N) is 3. The van der Waals surface area contributed by atoms with Gasteiger partial charge in [-0.15, -0.1) is 11.8 Å². The predicted molar refractivity (Wildman–Crippen MR) is 144 cm³/mol. The Balaban J connectivity index is 1.57. The van der Waals surface area contributed by atoms with E-state index in [1.165, 1.54) is 0 Å². The largest absolute Gasteiger partial charge is 0.319 e. The smallest absolute Gasteiger partial charge is 0.270 e. The number of benzene rings is 4. The fourth-order valence-corrected chi connectivity index (χ4v) is 5.53. The first-order valence-corrected chi connectivity index (χ1v) is 12.5. The maximum Gasteiger partial charge on any atom is 0.270 e. The van der Waals surface area contributed by atoms with E-state index in [9.17, 15) is 4.79 Å². The second-order valence-electron chi connectivity index (χ2n) is 8.30. The lowest BCUT2D eigenvalue weighted by atomic mass is 9.94. The number of rotatable bonds is 4. The van der Waals surface area contributed by atoms with Gasteiger partial charge in [-0.25, -0.2) is 9.99 Å². The van der Waals surface area contributed by atoms with Gasteiger partial charge in [-0.2, -0.15) is 5.10 Å². The first-order chi connectivity index (χ1) is 17.3. The van der Waals surface area contributed by atoms with Crippen LogP contribution in [0.2, 0.25) is 0 Å². The Morgan fingerprint density at radius 1 is 0.800 bits per heavy atom. The molecule has 1 N–H and O–H groups in total. The number of hydrazone groups is 1. The molecule has 0 amide bonds. The zero-order chi connectivity index (χ0) is 23.6. The number of para-hydroxylation sites is 4. The van der Waals surface area contributed by atoms with Crippen molar-refractivity contribution >= 4 is 39.9 Å². The number of H-pyrrole nitrogens is 1. The van der Waals surface area contributed by atoms with Gasteiger partial charge in [0.15, 0.2) is 0 Å². The fraction of sp³-hybridized carbons (Fsp3) is 0.0690. The van der Waals surface area contributed by atoms with Gasteiger partial charge in [-0.3, -0.25) is 4.79 Å². The van der Waals surface area contributed by atoms with E-state index in [1.54, 1.807) is 11.8 Å². The Morgan fingerprint density at radius 3 is 2.17 bits per heavy atom. The van der Waals surface area contributed by atoms with Gasteiger partial charge in [0.2, 0.25) is 0 Å². The monoisotopic (exact) mass is 474 g/mol. The van der Waals surface area contributed by atoms with E-state index in [4.69, 9.17) is 10.1 Å². The molecule has 1 aliphatic heterocycles. The van der Waals surface area contributed by atoms with E-state index in [0.29, 0.717) is 11.4 Å². The summed E-state index contributed by atoms with van der Waals surface area (Å²) in [6.45, 7) is 0. The molecule has 4 aromatic carbocycles. The summed E-state index contributed by atoms with van der Waals surface area (Å²) >= 11 is 1.74. The SMILES string of the molecule is O=c1[nH]c2ccccc2nc1C1CSc2ccccc2/C1=N\N(c1ccccc1)c1ccccc1. The molecule has 1 aromatic heterocycles. The van der Waals surface area contributed by atoms with Crippen LogP contribution in [0.3, 0.4) is 0 Å². The first-order valence-electron chi connectivity index (χ1n) is 11.5. The molecule has 1 atom stereocenters. The number of hydrogen-bond donors (Lipinski definition) is 1. The molecular formula is C29H22N4OS. The molecule has 0 aliphatic carbocycles. The van der Waals surface area contributed by atoms with Crippen LogP contribution in [0.4, 0.5) is 11.4 Å². The summed E-state index contributed by atoms with van der Waals surface area (Å²) in [4.78, 5) is 22.2. The van der Waals surface area contributed by atoms with E-state index in [-0.39, 0.29) is 11.5 Å². The van der Waals surface area contributed by atoms with Crippen LogP contribution in [0.1, 0.15) is 17.2 Å². The van der Waals surface area contributed by atoms with Gasteiger partial charge in [0.1, 0.15) is 5.69 Å². The van der Waals surface area contributed by atoms with Crippen molar-refractivity contribution in [1.29, 1.82) is 0 Å². The highest BCUT2D eigenvalue weighted by atomic mass is 32.2. The third-order valence-corrected chi connectivity index (χ3v) is 7.23. The van der Waals surface area contributed by atoms with Gasteiger partial charge in [-0.05, 0) is 42.5 Å². The summed E-state index contributed by atoms with van der Waals surface area (Å²) in [6, 6.07) is 36.0. The molecule has 5 aromatic rings. The van der Waals surface area contributed by atoms with Gasteiger partial charge in [0.25, 0.3) is 5.56 Å². The fourth-order valence-electron chi connectivity index (χ4n) is 4.37. The van der Waals surface area contributed by atoms with Crippen molar-refractivity contribution in [1.82, 2.24) is 9.97 Å². The van der Waals surface area contributed by atoms with Gasteiger partial charge in [0, 0.05) is 16.2 Å². The highest BCUT2D eigenvalue weighted by molar-refractivity contribution is 7.99. The summed E-state index contributed by atoms with van der Waals surface area (Å²) in [5.41, 5.74) is 5.58. The summed E-state index contributed by atoms with van der Waals surface area (Å²) in [5, 5.41) is 7.19. The highest BCUT2D eigenvalue weighted by Crippen LogP contribution is 2.38. The standard InChI is InChI=1S/C29H22N4OS/c34-29-28(30-24-16-8-9-17-25(24)31-29)23-19-35-26-18-10-7-15-22(26)27(23)32-33(20-11-3-1-4-12-20)21-13-5-2-6-14-21/h1-18,23H,19H2,(H,31,34)/b32-27+. The number of aromatic amines is 1. The lowest BCUT2D eigenvalue weighted by Crippen LogP contribution is -2.30. The average molecular weight is 475 g/mol. The summed E-state index contributed by atoms with van der Waals surface area (Å²) < 4.78 is 0. The van der Waals surface area contributed by atoms with Crippen molar-refractivity contribution < 1.29 is 0 Å². The van der Waals surface area contributed by atoms with E-state index < -0.39 is 0 Å². The Labute approximate surface area is 207 Å². The maximum atomic E-state index is 13.2. The van der Waals surface area contributed by atoms with Gasteiger partial charge >= 0.3 is 0 Å². The maximum absolute atomic E-state index is 13.2. The molecule has 1 aliphatic rings. The number of hydrogen-bond acceptors (Lipinski definition) is 5. The molecule has 0 saturated carbocycles. The van der Waals surface area contributed by atoms with E-state index in [1.807, 2.05) is 102 Å². The Morgan fingerprint density at radius 2 is 1.43 bits per heavy atom. The Kier molecular flexibility index (Phi) is 5.64. The summed E-state index contributed by atoms with van der Waals surface area (Å²) in [7, 11) is 0. The second kappa shape index (κ2) is 9.24. The normalized spacial score (nSPS) is 16.2. The second-order valence-corrected chi connectivity index (χ2v) is 9.36. The third kappa shape index (κ3) is 4.13. The zero-order valence-corrected chi connectivity index (χ0v) is 19.7. The van der Waals surface area contributed by atoms with Crippen molar-refractivity contribution in [2.45, 2.75) is 10.8 Å². The molecular weight excluding hydrogens is 452 g/mol. The van der Waals surface area contributed by atoms with Gasteiger partial charge < -0.3 is 4.98 Å². The lowest BCUT2D eigenvalue weighted by molar-refractivity contribution is 0.907.